The molecule has 0 aromatic heterocycles. The van der Waals surface area contributed by atoms with Crippen molar-refractivity contribution < 1.29 is 9.47 Å². The van der Waals surface area contributed by atoms with Crippen molar-refractivity contribution in [2.45, 2.75) is 33.1 Å². The average molecular weight is 251 g/mol. The fraction of sp³-hybridized carbons (Fsp3) is 0.600. The quantitative estimate of drug-likeness (QED) is 0.648. The van der Waals surface area contributed by atoms with Crippen molar-refractivity contribution in [2.24, 2.45) is 0 Å². The minimum Gasteiger partial charge on any atom is -0.494 e. The van der Waals surface area contributed by atoms with Crippen molar-refractivity contribution in [1.82, 2.24) is 5.32 Å². The Morgan fingerprint density at radius 1 is 0.889 bits per heavy atom. The molecule has 102 valence electrons. The summed E-state index contributed by atoms with van der Waals surface area (Å²) in [4.78, 5) is 0. The third-order valence-corrected chi connectivity index (χ3v) is 2.56. The first-order valence-corrected chi connectivity index (χ1v) is 6.93. The van der Waals surface area contributed by atoms with E-state index in [0.29, 0.717) is 0 Å². The van der Waals surface area contributed by atoms with Gasteiger partial charge in [-0.25, -0.2) is 0 Å². The molecule has 1 rings (SSSR count). The summed E-state index contributed by atoms with van der Waals surface area (Å²) in [5.41, 5.74) is 0. The first-order chi connectivity index (χ1) is 8.86. The molecule has 0 aliphatic carbocycles. The molecule has 0 fully saturated rings. The maximum absolute atomic E-state index is 5.66. The lowest BCUT2D eigenvalue weighted by molar-refractivity contribution is 0.301. The van der Waals surface area contributed by atoms with Gasteiger partial charge in [0.25, 0.3) is 0 Å². The Hall–Kier alpha value is -1.22. The highest BCUT2D eigenvalue weighted by Gasteiger charge is 1.96. The summed E-state index contributed by atoms with van der Waals surface area (Å²) >= 11 is 0. The average Bonchev–Trinajstić information content (AvgIpc) is 2.42. The van der Waals surface area contributed by atoms with Crippen LogP contribution in [0.4, 0.5) is 0 Å². The lowest BCUT2D eigenvalue weighted by Gasteiger charge is -2.08. The van der Waals surface area contributed by atoms with Crippen molar-refractivity contribution in [3.63, 3.8) is 0 Å². The Kier molecular flexibility index (Phi) is 8.06. The van der Waals surface area contributed by atoms with Crippen LogP contribution in [0.15, 0.2) is 24.3 Å². The van der Waals surface area contributed by atoms with Gasteiger partial charge in [0.1, 0.15) is 11.5 Å². The number of benzene rings is 1. The summed E-state index contributed by atoms with van der Waals surface area (Å²) < 4.78 is 11.2. The number of ether oxygens (including phenoxy) is 2. The molecule has 0 aliphatic rings. The molecule has 0 amide bonds. The van der Waals surface area contributed by atoms with Gasteiger partial charge in [0.15, 0.2) is 0 Å². The van der Waals surface area contributed by atoms with Crippen LogP contribution in [0, 0.1) is 0 Å². The van der Waals surface area contributed by atoms with Crippen LogP contribution in [-0.2, 0) is 0 Å². The molecule has 0 saturated carbocycles. The number of unbranched alkanes of at least 4 members (excludes halogenated alkanes) is 1. The summed E-state index contributed by atoms with van der Waals surface area (Å²) in [6.45, 7) is 7.89. The largest absolute Gasteiger partial charge is 0.494 e. The van der Waals surface area contributed by atoms with Crippen LogP contribution in [0.5, 0.6) is 11.5 Å². The van der Waals surface area contributed by atoms with Crippen LogP contribution in [0.1, 0.15) is 33.1 Å². The lowest BCUT2D eigenvalue weighted by atomic mass is 10.3. The van der Waals surface area contributed by atoms with E-state index in [9.17, 15) is 0 Å². The van der Waals surface area contributed by atoms with Crippen molar-refractivity contribution in [3.05, 3.63) is 24.3 Å². The molecular weight excluding hydrogens is 226 g/mol. The van der Waals surface area contributed by atoms with Gasteiger partial charge in [0.05, 0.1) is 13.2 Å². The third-order valence-electron chi connectivity index (χ3n) is 2.56. The van der Waals surface area contributed by atoms with E-state index >= 15 is 0 Å². The first kappa shape index (κ1) is 14.8. The summed E-state index contributed by atoms with van der Waals surface area (Å²) in [5.74, 6) is 1.83. The highest BCUT2D eigenvalue weighted by Crippen LogP contribution is 2.17. The molecule has 18 heavy (non-hydrogen) atoms. The predicted molar refractivity (Wildman–Crippen MR) is 75.5 cm³/mol. The number of hydrogen-bond donors (Lipinski definition) is 1. The maximum Gasteiger partial charge on any atom is 0.119 e. The van der Waals surface area contributed by atoms with Crippen LogP contribution in [0.2, 0.25) is 0 Å². The van der Waals surface area contributed by atoms with Gasteiger partial charge in [-0.3, -0.25) is 0 Å². The van der Waals surface area contributed by atoms with Crippen molar-refractivity contribution in [1.29, 1.82) is 0 Å². The van der Waals surface area contributed by atoms with E-state index in [0.717, 1.165) is 57.1 Å². The molecule has 0 aliphatic heterocycles. The summed E-state index contributed by atoms with van der Waals surface area (Å²) in [7, 11) is 0. The van der Waals surface area contributed by atoms with Gasteiger partial charge >= 0.3 is 0 Å². The van der Waals surface area contributed by atoms with Crippen LogP contribution in [0.25, 0.3) is 0 Å². The van der Waals surface area contributed by atoms with Crippen molar-refractivity contribution in [3.8, 4) is 11.5 Å². The fourth-order valence-electron chi connectivity index (χ4n) is 1.57. The Labute approximate surface area is 110 Å². The van der Waals surface area contributed by atoms with Gasteiger partial charge in [-0.05, 0) is 56.6 Å². The van der Waals surface area contributed by atoms with Gasteiger partial charge in [0.2, 0.25) is 0 Å². The Balaban J connectivity index is 2.14. The predicted octanol–water partition coefficient (Wildman–Crippen LogP) is 3.24. The molecule has 0 radical (unpaired) electrons. The van der Waals surface area contributed by atoms with Gasteiger partial charge in [-0.15, -0.1) is 0 Å². The fourth-order valence-corrected chi connectivity index (χ4v) is 1.57. The zero-order valence-electron chi connectivity index (χ0n) is 11.6. The molecule has 0 atom stereocenters. The second kappa shape index (κ2) is 9.77. The van der Waals surface area contributed by atoms with E-state index in [1.54, 1.807) is 0 Å². The lowest BCUT2D eigenvalue weighted by Crippen LogP contribution is -2.14. The van der Waals surface area contributed by atoms with Crippen LogP contribution in [-0.4, -0.2) is 26.3 Å². The van der Waals surface area contributed by atoms with E-state index in [4.69, 9.17) is 9.47 Å². The SMILES string of the molecule is CCCOc1ccc(OCCCCNCC)cc1. The minimum atomic E-state index is 0.768. The molecule has 1 aromatic carbocycles. The van der Waals surface area contributed by atoms with Crippen LogP contribution < -0.4 is 14.8 Å². The minimum absolute atomic E-state index is 0.768. The topological polar surface area (TPSA) is 30.5 Å². The monoisotopic (exact) mass is 251 g/mol. The standard InChI is InChI=1S/C15H25NO2/c1-3-12-17-14-7-9-15(10-8-14)18-13-6-5-11-16-4-2/h7-10,16H,3-6,11-13H2,1-2H3. The normalized spacial score (nSPS) is 10.3. The summed E-state index contributed by atoms with van der Waals surface area (Å²) in [6, 6.07) is 7.86. The number of hydrogen-bond acceptors (Lipinski definition) is 3. The van der Waals surface area contributed by atoms with Gasteiger partial charge in [-0.2, -0.15) is 0 Å². The molecular formula is C15H25NO2. The van der Waals surface area contributed by atoms with Crippen molar-refractivity contribution in [2.75, 3.05) is 26.3 Å². The molecule has 0 saturated heterocycles. The second-order valence-electron chi connectivity index (χ2n) is 4.23. The third kappa shape index (κ3) is 6.50. The Morgan fingerprint density at radius 2 is 1.50 bits per heavy atom. The van der Waals surface area contributed by atoms with Crippen molar-refractivity contribution >= 4 is 0 Å². The van der Waals surface area contributed by atoms with E-state index < -0.39 is 0 Å². The van der Waals surface area contributed by atoms with Gasteiger partial charge < -0.3 is 14.8 Å². The highest BCUT2D eigenvalue weighted by atomic mass is 16.5. The second-order valence-corrected chi connectivity index (χ2v) is 4.23. The molecule has 1 N–H and O–H groups in total. The van der Waals surface area contributed by atoms with Crippen LogP contribution >= 0.6 is 0 Å². The van der Waals surface area contributed by atoms with E-state index in [1.807, 2.05) is 24.3 Å². The van der Waals surface area contributed by atoms with E-state index in [-0.39, 0.29) is 0 Å². The number of nitrogens with one attached hydrogen (secondary N) is 1. The summed E-state index contributed by atoms with van der Waals surface area (Å²) in [6.07, 6.45) is 3.27. The molecule has 0 bridgehead atoms. The van der Waals surface area contributed by atoms with E-state index in [1.165, 1.54) is 0 Å². The number of rotatable bonds is 10. The highest BCUT2D eigenvalue weighted by molar-refractivity contribution is 5.31. The smallest absolute Gasteiger partial charge is 0.119 e. The molecule has 0 spiro atoms. The Bertz CT molecular complexity index is 298. The van der Waals surface area contributed by atoms with E-state index in [2.05, 4.69) is 19.2 Å². The first-order valence-electron chi connectivity index (χ1n) is 6.93. The Morgan fingerprint density at radius 3 is 2.06 bits per heavy atom. The zero-order valence-corrected chi connectivity index (χ0v) is 11.6. The van der Waals surface area contributed by atoms with Gasteiger partial charge in [0, 0.05) is 0 Å². The van der Waals surface area contributed by atoms with Crippen LogP contribution in [0.3, 0.4) is 0 Å². The molecule has 0 heterocycles. The molecule has 3 heteroatoms. The molecule has 3 nitrogen and oxygen atoms in total. The maximum atomic E-state index is 5.66. The molecule has 0 unspecified atom stereocenters. The van der Waals surface area contributed by atoms with Gasteiger partial charge in [-0.1, -0.05) is 13.8 Å². The molecule has 1 aromatic rings. The zero-order chi connectivity index (χ0) is 13.1. The summed E-state index contributed by atoms with van der Waals surface area (Å²) in [5, 5.41) is 3.30.